The van der Waals surface area contributed by atoms with E-state index in [1.807, 2.05) is 6.07 Å². The lowest BCUT2D eigenvalue weighted by atomic mass is 9.97. The SMILES string of the molecule is Nc1nc(N2CCC[C@@H](CN3CCN(c4ccc(C(=O)O)s4)CC3)C2)nc2nc(-c3ccco3)nn12. The molecule has 3 N–H and O–H groups in total. The van der Waals surface area contributed by atoms with Crippen LogP contribution in [0.5, 0.6) is 0 Å². The molecule has 0 aliphatic carbocycles. The van der Waals surface area contributed by atoms with Gasteiger partial charge in [-0.05, 0) is 43.0 Å². The van der Waals surface area contributed by atoms with Crippen LogP contribution in [-0.2, 0) is 0 Å². The average Bonchev–Trinajstić information content (AvgIpc) is 3.65. The fourth-order valence-electron chi connectivity index (χ4n) is 4.97. The van der Waals surface area contributed by atoms with Crippen molar-refractivity contribution in [3.8, 4) is 11.6 Å². The first-order chi connectivity index (χ1) is 17.5. The summed E-state index contributed by atoms with van der Waals surface area (Å²) in [6.45, 7) is 6.48. The third kappa shape index (κ3) is 4.46. The Labute approximate surface area is 211 Å². The summed E-state index contributed by atoms with van der Waals surface area (Å²) >= 11 is 1.35. The van der Waals surface area contributed by atoms with Crippen molar-refractivity contribution in [2.24, 2.45) is 5.92 Å². The molecule has 0 aromatic carbocycles. The second kappa shape index (κ2) is 9.39. The van der Waals surface area contributed by atoms with Gasteiger partial charge in [0.2, 0.25) is 17.7 Å². The van der Waals surface area contributed by atoms with Gasteiger partial charge in [-0.3, -0.25) is 4.90 Å². The number of piperazine rings is 1. The number of hydrogen-bond acceptors (Lipinski definition) is 11. The van der Waals surface area contributed by atoms with Crippen LogP contribution in [0, 0.1) is 5.92 Å². The van der Waals surface area contributed by atoms with E-state index in [1.54, 1.807) is 24.5 Å². The molecule has 1 atom stereocenters. The molecule has 6 heterocycles. The second-order valence-corrected chi connectivity index (χ2v) is 10.3. The van der Waals surface area contributed by atoms with E-state index in [2.05, 4.69) is 34.8 Å². The van der Waals surface area contributed by atoms with Gasteiger partial charge >= 0.3 is 5.97 Å². The van der Waals surface area contributed by atoms with Crippen LogP contribution in [0.1, 0.15) is 22.5 Å². The Kier molecular flexibility index (Phi) is 5.93. The van der Waals surface area contributed by atoms with Crippen LogP contribution in [-0.4, -0.2) is 86.4 Å². The van der Waals surface area contributed by atoms with Crippen LogP contribution < -0.4 is 15.5 Å². The number of nitrogens with two attached hydrogens (primary N) is 1. The lowest BCUT2D eigenvalue weighted by Gasteiger charge is -2.39. The molecule has 0 spiro atoms. The van der Waals surface area contributed by atoms with Gasteiger partial charge in [-0.25, -0.2) is 4.79 Å². The van der Waals surface area contributed by atoms with Gasteiger partial charge in [0.05, 0.1) is 11.3 Å². The molecular formula is C23H27N9O3S. The van der Waals surface area contributed by atoms with Gasteiger partial charge in [0.1, 0.15) is 4.88 Å². The first-order valence-corrected chi connectivity index (χ1v) is 12.8. The number of nitrogens with zero attached hydrogens (tertiary/aromatic N) is 8. The van der Waals surface area contributed by atoms with E-state index < -0.39 is 5.97 Å². The first kappa shape index (κ1) is 22.7. The van der Waals surface area contributed by atoms with Gasteiger partial charge in [-0.15, -0.1) is 16.4 Å². The number of aromatic nitrogens is 5. The van der Waals surface area contributed by atoms with Crippen molar-refractivity contribution in [3.63, 3.8) is 0 Å². The number of nitrogen functional groups attached to an aromatic ring is 1. The van der Waals surface area contributed by atoms with E-state index in [0.29, 0.717) is 34.1 Å². The lowest BCUT2D eigenvalue weighted by Crippen LogP contribution is -2.49. The molecule has 4 aromatic rings. The average molecular weight is 510 g/mol. The van der Waals surface area contributed by atoms with Gasteiger partial charge in [0.25, 0.3) is 5.78 Å². The van der Waals surface area contributed by atoms with E-state index >= 15 is 0 Å². The number of aromatic carboxylic acids is 1. The predicted octanol–water partition coefficient (Wildman–Crippen LogP) is 2.16. The molecule has 36 heavy (non-hydrogen) atoms. The molecule has 4 aromatic heterocycles. The Morgan fingerprint density at radius 2 is 1.97 bits per heavy atom. The summed E-state index contributed by atoms with van der Waals surface area (Å²) in [6, 6.07) is 7.18. The second-order valence-electron chi connectivity index (χ2n) is 9.19. The largest absolute Gasteiger partial charge is 0.477 e. The summed E-state index contributed by atoms with van der Waals surface area (Å²) in [5.41, 5.74) is 6.20. The minimum atomic E-state index is -0.862. The summed E-state index contributed by atoms with van der Waals surface area (Å²) in [5, 5.41) is 14.6. The number of thiophene rings is 1. The molecule has 188 valence electrons. The van der Waals surface area contributed by atoms with Gasteiger partial charge in [0, 0.05) is 45.8 Å². The highest BCUT2D eigenvalue weighted by Crippen LogP contribution is 2.28. The van der Waals surface area contributed by atoms with Crippen molar-refractivity contribution in [1.29, 1.82) is 0 Å². The monoisotopic (exact) mass is 509 g/mol. The molecule has 6 rings (SSSR count). The summed E-state index contributed by atoms with van der Waals surface area (Å²) in [7, 11) is 0. The molecule has 13 heteroatoms. The molecule has 0 bridgehead atoms. The van der Waals surface area contributed by atoms with Gasteiger partial charge < -0.3 is 25.1 Å². The highest BCUT2D eigenvalue weighted by atomic mass is 32.1. The minimum Gasteiger partial charge on any atom is -0.477 e. The molecule has 0 radical (unpaired) electrons. The lowest BCUT2D eigenvalue weighted by molar-refractivity contribution is 0.0702. The Morgan fingerprint density at radius 1 is 1.11 bits per heavy atom. The molecule has 2 aliphatic heterocycles. The molecule has 2 fully saturated rings. The van der Waals surface area contributed by atoms with Crippen LogP contribution in [0.15, 0.2) is 34.9 Å². The minimum absolute atomic E-state index is 0.248. The Balaban J connectivity index is 1.09. The molecule has 2 saturated heterocycles. The summed E-state index contributed by atoms with van der Waals surface area (Å²) in [4.78, 5) is 32.2. The molecule has 0 unspecified atom stereocenters. The normalized spacial score (nSPS) is 19.3. The third-order valence-corrected chi connectivity index (χ3v) is 7.90. The van der Waals surface area contributed by atoms with E-state index in [1.165, 1.54) is 15.9 Å². The maximum atomic E-state index is 11.2. The number of anilines is 3. The quantitative estimate of drug-likeness (QED) is 0.395. The van der Waals surface area contributed by atoms with E-state index in [0.717, 1.165) is 63.7 Å². The fraction of sp³-hybridized carbons (Fsp3) is 0.435. The highest BCUT2D eigenvalue weighted by Gasteiger charge is 2.27. The number of piperidine rings is 1. The van der Waals surface area contributed by atoms with Crippen molar-refractivity contribution in [2.75, 3.05) is 61.3 Å². The van der Waals surface area contributed by atoms with E-state index in [9.17, 15) is 9.90 Å². The number of hydrogen-bond donors (Lipinski definition) is 2. The van der Waals surface area contributed by atoms with E-state index in [4.69, 9.17) is 10.2 Å². The predicted molar refractivity (Wildman–Crippen MR) is 136 cm³/mol. The zero-order chi connectivity index (χ0) is 24.6. The molecular weight excluding hydrogens is 482 g/mol. The summed E-state index contributed by atoms with van der Waals surface area (Å²) in [5.74, 6) is 1.86. The topological polar surface area (TPSA) is 142 Å². The van der Waals surface area contributed by atoms with Crippen molar-refractivity contribution in [2.45, 2.75) is 12.8 Å². The Hall–Kier alpha value is -3.71. The Bertz CT molecular complexity index is 1360. The van der Waals surface area contributed by atoms with Crippen LogP contribution >= 0.6 is 11.3 Å². The fourth-order valence-corrected chi connectivity index (χ4v) is 5.87. The van der Waals surface area contributed by atoms with Gasteiger partial charge in [-0.2, -0.15) is 19.5 Å². The number of carboxylic acids is 1. The van der Waals surface area contributed by atoms with Crippen LogP contribution in [0.2, 0.25) is 0 Å². The van der Waals surface area contributed by atoms with Gasteiger partial charge in [0.15, 0.2) is 5.76 Å². The van der Waals surface area contributed by atoms with Crippen LogP contribution in [0.25, 0.3) is 17.4 Å². The number of rotatable bonds is 6. The van der Waals surface area contributed by atoms with Gasteiger partial charge in [-0.1, -0.05) is 0 Å². The summed E-state index contributed by atoms with van der Waals surface area (Å²) < 4.78 is 6.84. The Morgan fingerprint density at radius 3 is 2.72 bits per heavy atom. The standard InChI is InChI=1S/C23H27N9O3S/c24-21-26-22(27-23-25-19(28-32(21)23)16-4-2-12-35-16)31-7-1-3-15(14-31)13-29-8-10-30(11-9-29)18-6-5-17(36-18)20(33)34/h2,4-6,12,15H,1,3,7-11,13-14H2,(H,33,34)(H2,24,25,26,27,28)/t15-/m0/s1. The van der Waals surface area contributed by atoms with E-state index in [-0.39, 0.29) is 5.95 Å². The zero-order valence-electron chi connectivity index (χ0n) is 19.7. The number of carbonyl (C=O) groups is 1. The molecule has 0 amide bonds. The third-order valence-electron chi connectivity index (χ3n) is 6.77. The number of furan rings is 1. The maximum Gasteiger partial charge on any atom is 0.345 e. The first-order valence-electron chi connectivity index (χ1n) is 12.0. The van der Waals surface area contributed by atoms with Crippen molar-refractivity contribution in [1.82, 2.24) is 29.5 Å². The highest BCUT2D eigenvalue weighted by molar-refractivity contribution is 7.17. The maximum absolute atomic E-state index is 11.2. The molecule has 0 saturated carbocycles. The van der Waals surface area contributed by atoms with Crippen molar-refractivity contribution >= 4 is 40.0 Å². The number of fused-ring (bicyclic) bond motifs is 1. The summed E-state index contributed by atoms with van der Waals surface area (Å²) in [6.07, 6.45) is 3.80. The van der Waals surface area contributed by atoms with Crippen molar-refractivity contribution < 1.29 is 14.3 Å². The number of carboxylic acid groups (broad SMARTS) is 1. The molecule has 12 nitrogen and oxygen atoms in total. The van der Waals surface area contributed by atoms with Crippen LogP contribution in [0.4, 0.5) is 16.9 Å². The smallest absolute Gasteiger partial charge is 0.345 e. The zero-order valence-corrected chi connectivity index (χ0v) is 20.5. The molecule has 2 aliphatic rings. The van der Waals surface area contributed by atoms with Crippen molar-refractivity contribution in [3.05, 3.63) is 35.4 Å². The van der Waals surface area contributed by atoms with Crippen LogP contribution in [0.3, 0.4) is 0 Å².